The highest BCUT2D eigenvalue weighted by molar-refractivity contribution is 7.99. The maximum Gasteiger partial charge on any atom is 0.236 e. The number of hydrogen-bond donors (Lipinski definition) is 1. The second kappa shape index (κ2) is 7.35. The number of halogens is 1. The summed E-state index contributed by atoms with van der Waals surface area (Å²) in [5.74, 6) is 0.651. The van der Waals surface area contributed by atoms with Crippen LogP contribution in [0.4, 0.5) is 9.52 Å². The topological polar surface area (TPSA) is 54.9 Å². The first-order valence-electron chi connectivity index (χ1n) is 6.12. The fourth-order valence-corrected chi connectivity index (χ4v) is 2.93. The fourth-order valence-electron chi connectivity index (χ4n) is 1.44. The molecule has 1 aromatic heterocycles. The van der Waals surface area contributed by atoms with Gasteiger partial charge in [-0.05, 0) is 24.1 Å². The molecule has 4 nitrogen and oxygen atoms in total. The number of anilines is 1. The molecule has 106 valence electrons. The molecular formula is C13H14FN3OS2. The number of carbonyl (C=O) groups excluding carboxylic acids is 1. The molecular weight excluding hydrogens is 297 g/mol. The molecule has 0 aliphatic carbocycles. The normalized spacial score (nSPS) is 10.5. The Morgan fingerprint density at radius 2 is 2.10 bits per heavy atom. The molecule has 1 aromatic carbocycles. The van der Waals surface area contributed by atoms with E-state index in [4.69, 9.17) is 0 Å². The molecule has 0 spiro atoms. The van der Waals surface area contributed by atoms with Crippen molar-refractivity contribution in [1.29, 1.82) is 0 Å². The second-order valence-corrected chi connectivity index (χ2v) is 6.07. The molecule has 2 aromatic rings. The molecule has 0 saturated heterocycles. The number of aromatic nitrogens is 2. The van der Waals surface area contributed by atoms with Crippen LogP contribution in [-0.4, -0.2) is 21.9 Å². The maximum absolute atomic E-state index is 12.7. The van der Waals surface area contributed by atoms with Gasteiger partial charge < -0.3 is 0 Å². The van der Waals surface area contributed by atoms with E-state index < -0.39 is 0 Å². The molecule has 0 radical (unpaired) electrons. The Morgan fingerprint density at radius 3 is 2.75 bits per heavy atom. The summed E-state index contributed by atoms with van der Waals surface area (Å²) < 4.78 is 12.7. The van der Waals surface area contributed by atoms with E-state index in [0.29, 0.717) is 16.6 Å². The van der Waals surface area contributed by atoms with Crippen molar-refractivity contribution >= 4 is 34.1 Å². The highest BCUT2D eigenvalue weighted by Crippen LogP contribution is 2.17. The number of amides is 1. The van der Waals surface area contributed by atoms with Gasteiger partial charge in [0.2, 0.25) is 11.0 Å². The quantitative estimate of drug-likeness (QED) is 0.890. The number of thioether (sulfide) groups is 1. The summed E-state index contributed by atoms with van der Waals surface area (Å²) in [7, 11) is 0. The van der Waals surface area contributed by atoms with Gasteiger partial charge in [-0.15, -0.1) is 22.0 Å². The van der Waals surface area contributed by atoms with E-state index in [1.54, 1.807) is 12.1 Å². The third-order valence-corrected chi connectivity index (χ3v) is 4.42. The SMILES string of the molecule is CCc1nnc(NC(=O)CSCc2ccc(F)cc2)s1. The lowest BCUT2D eigenvalue weighted by molar-refractivity contribution is -0.113. The van der Waals surface area contributed by atoms with E-state index in [0.717, 1.165) is 17.0 Å². The van der Waals surface area contributed by atoms with E-state index in [-0.39, 0.29) is 11.7 Å². The van der Waals surface area contributed by atoms with Crippen molar-refractivity contribution < 1.29 is 9.18 Å². The summed E-state index contributed by atoms with van der Waals surface area (Å²) in [6.45, 7) is 1.99. The van der Waals surface area contributed by atoms with Gasteiger partial charge in [0.05, 0.1) is 5.75 Å². The van der Waals surface area contributed by atoms with Crippen LogP contribution in [0.15, 0.2) is 24.3 Å². The molecule has 0 atom stereocenters. The lowest BCUT2D eigenvalue weighted by Crippen LogP contribution is -2.13. The number of nitrogens with one attached hydrogen (secondary N) is 1. The summed E-state index contributed by atoms with van der Waals surface area (Å²) in [6.07, 6.45) is 0.812. The third-order valence-electron chi connectivity index (χ3n) is 2.43. The predicted molar refractivity (Wildman–Crippen MR) is 80.5 cm³/mol. The zero-order chi connectivity index (χ0) is 14.4. The summed E-state index contributed by atoms with van der Waals surface area (Å²) >= 11 is 2.86. The summed E-state index contributed by atoms with van der Waals surface area (Å²) in [4.78, 5) is 11.7. The van der Waals surface area contributed by atoms with Crippen LogP contribution in [0.25, 0.3) is 0 Å². The lowest BCUT2D eigenvalue weighted by Gasteiger charge is -2.02. The van der Waals surface area contributed by atoms with E-state index in [1.807, 2.05) is 6.92 Å². The maximum atomic E-state index is 12.7. The molecule has 20 heavy (non-hydrogen) atoms. The van der Waals surface area contributed by atoms with Crippen LogP contribution in [0.2, 0.25) is 0 Å². The van der Waals surface area contributed by atoms with Gasteiger partial charge in [0.25, 0.3) is 0 Å². The Bertz CT molecular complexity index is 571. The van der Waals surface area contributed by atoms with Gasteiger partial charge in [0.1, 0.15) is 10.8 Å². The Balaban J connectivity index is 1.73. The molecule has 0 aliphatic heterocycles. The van der Waals surface area contributed by atoms with Crippen LogP contribution in [-0.2, 0) is 17.0 Å². The monoisotopic (exact) mass is 311 g/mol. The van der Waals surface area contributed by atoms with Crippen molar-refractivity contribution in [2.24, 2.45) is 0 Å². The van der Waals surface area contributed by atoms with E-state index in [2.05, 4.69) is 15.5 Å². The number of rotatable bonds is 6. The van der Waals surface area contributed by atoms with E-state index in [1.165, 1.54) is 35.2 Å². The smallest absolute Gasteiger partial charge is 0.236 e. The Kier molecular flexibility index (Phi) is 5.49. The van der Waals surface area contributed by atoms with Gasteiger partial charge in [-0.1, -0.05) is 30.4 Å². The molecule has 1 N–H and O–H groups in total. The average molecular weight is 311 g/mol. The lowest BCUT2D eigenvalue weighted by atomic mass is 10.2. The minimum Gasteiger partial charge on any atom is -0.300 e. The zero-order valence-electron chi connectivity index (χ0n) is 10.9. The molecule has 0 saturated carbocycles. The third kappa shape index (κ3) is 4.57. The second-order valence-electron chi connectivity index (χ2n) is 4.02. The molecule has 1 heterocycles. The van der Waals surface area contributed by atoms with Crippen LogP contribution in [0, 0.1) is 5.82 Å². The van der Waals surface area contributed by atoms with E-state index >= 15 is 0 Å². The highest BCUT2D eigenvalue weighted by Gasteiger charge is 2.07. The molecule has 0 aliphatic rings. The van der Waals surface area contributed by atoms with Crippen LogP contribution in [0.5, 0.6) is 0 Å². The zero-order valence-corrected chi connectivity index (χ0v) is 12.6. The molecule has 0 bridgehead atoms. The van der Waals surface area contributed by atoms with Crippen LogP contribution in [0.1, 0.15) is 17.5 Å². The minimum absolute atomic E-state index is 0.101. The summed E-state index contributed by atoms with van der Waals surface area (Å²) in [5, 5.41) is 12.0. The van der Waals surface area contributed by atoms with Gasteiger partial charge in [-0.3, -0.25) is 10.1 Å². The van der Waals surface area contributed by atoms with Crippen LogP contribution >= 0.6 is 23.1 Å². The predicted octanol–water partition coefficient (Wildman–Crippen LogP) is 3.11. The first kappa shape index (κ1) is 14.9. The van der Waals surface area contributed by atoms with Crippen molar-refractivity contribution in [2.75, 3.05) is 11.1 Å². The number of hydrogen-bond acceptors (Lipinski definition) is 5. The van der Waals surface area contributed by atoms with Crippen molar-refractivity contribution in [3.05, 3.63) is 40.7 Å². The molecule has 0 fully saturated rings. The van der Waals surface area contributed by atoms with Gasteiger partial charge in [-0.25, -0.2) is 4.39 Å². The Hall–Kier alpha value is -1.47. The van der Waals surface area contributed by atoms with Gasteiger partial charge >= 0.3 is 0 Å². The number of carbonyl (C=O) groups is 1. The number of benzene rings is 1. The van der Waals surface area contributed by atoms with Crippen molar-refractivity contribution in [3.8, 4) is 0 Å². The standard InChI is InChI=1S/C13H14FN3OS2/c1-2-12-16-17-13(20-12)15-11(18)8-19-7-9-3-5-10(14)6-4-9/h3-6H,2,7-8H2,1H3,(H,15,17,18). The Labute approximate surface area is 124 Å². The molecule has 2 rings (SSSR count). The van der Waals surface area contributed by atoms with Gasteiger partial charge in [0, 0.05) is 5.75 Å². The minimum atomic E-state index is -0.250. The number of nitrogens with zero attached hydrogens (tertiary/aromatic N) is 2. The first-order valence-corrected chi connectivity index (χ1v) is 8.09. The highest BCUT2D eigenvalue weighted by atomic mass is 32.2. The van der Waals surface area contributed by atoms with Crippen LogP contribution in [0.3, 0.4) is 0 Å². The van der Waals surface area contributed by atoms with Crippen molar-refractivity contribution in [2.45, 2.75) is 19.1 Å². The van der Waals surface area contributed by atoms with Gasteiger partial charge in [0.15, 0.2) is 0 Å². The summed E-state index contributed by atoms with van der Waals surface area (Å²) in [5.41, 5.74) is 0.994. The fraction of sp³-hybridized carbons (Fsp3) is 0.308. The van der Waals surface area contributed by atoms with Crippen molar-refractivity contribution in [3.63, 3.8) is 0 Å². The Morgan fingerprint density at radius 1 is 1.35 bits per heavy atom. The number of aryl methyl sites for hydroxylation is 1. The van der Waals surface area contributed by atoms with E-state index in [9.17, 15) is 9.18 Å². The largest absolute Gasteiger partial charge is 0.300 e. The first-order chi connectivity index (χ1) is 9.67. The molecule has 7 heteroatoms. The average Bonchev–Trinajstić information content (AvgIpc) is 2.88. The molecule has 1 amide bonds. The summed E-state index contributed by atoms with van der Waals surface area (Å²) in [6, 6.07) is 6.28. The van der Waals surface area contributed by atoms with Gasteiger partial charge in [-0.2, -0.15) is 0 Å². The van der Waals surface area contributed by atoms with Crippen LogP contribution < -0.4 is 5.32 Å². The van der Waals surface area contributed by atoms with Crippen molar-refractivity contribution in [1.82, 2.24) is 10.2 Å². The molecule has 0 unspecified atom stereocenters.